The highest BCUT2D eigenvalue weighted by Gasteiger charge is 2.26. The molecule has 40 heavy (non-hydrogen) atoms. The molecule has 0 bridgehead atoms. The number of benzene rings is 2. The number of urea groups is 1. The van der Waals surface area contributed by atoms with Crippen molar-refractivity contribution in [3.8, 4) is 0 Å². The Balaban J connectivity index is 0.000000827. The Morgan fingerprint density at radius 3 is 2.48 bits per heavy atom. The molecule has 0 fully saturated rings. The van der Waals surface area contributed by atoms with Crippen LogP contribution in [0, 0.1) is 5.92 Å². The minimum absolute atomic E-state index is 0.0764. The van der Waals surface area contributed by atoms with E-state index >= 15 is 0 Å². The molecule has 2 aliphatic heterocycles. The van der Waals surface area contributed by atoms with Crippen LogP contribution in [0.3, 0.4) is 0 Å². The van der Waals surface area contributed by atoms with Crippen LogP contribution in [0.4, 0.5) is 27.8 Å². The summed E-state index contributed by atoms with van der Waals surface area (Å²) in [4.78, 5) is 29.1. The predicted octanol–water partition coefficient (Wildman–Crippen LogP) is 6.90. The fourth-order valence-corrected chi connectivity index (χ4v) is 4.75. The molecule has 2 aromatic carbocycles. The van der Waals surface area contributed by atoms with Crippen LogP contribution in [0.25, 0.3) is 0 Å². The first-order valence-electron chi connectivity index (χ1n) is 14.1. The molecular weight excluding hydrogens is 520 g/mol. The number of thioether (sulfide) groups is 1. The van der Waals surface area contributed by atoms with E-state index in [9.17, 15) is 9.59 Å². The molecule has 1 aromatic heterocycles. The second-order valence-corrected chi connectivity index (χ2v) is 11.0. The predicted molar refractivity (Wildman–Crippen MR) is 169 cm³/mol. The summed E-state index contributed by atoms with van der Waals surface area (Å²) >= 11 is 1.75. The highest BCUT2D eigenvalue weighted by Crippen LogP contribution is 2.34. The van der Waals surface area contributed by atoms with Gasteiger partial charge in [-0.25, -0.2) is 9.48 Å². The number of hydrogen-bond donors (Lipinski definition) is 2. The number of aromatic nitrogens is 2. The van der Waals surface area contributed by atoms with Crippen molar-refractivity contribution in [3.05, 3.63) is 65.2 Å². The number of nitrogens with zero attached hydrogens (tertiary/aromatic N) is 4. The van der Waals surface area contributed by atoms with Crippen LogP contribution in [0.5, 0.6) is 0 Å². The van der Waals surface area contributed by atoms with E-state index in [2.05, 4.69) is 46.6 Å². The lowest BCUT2D eigenvalue weighted by atomic mass is 9.98. The second kappa shape index (κ2) is 14.8. The minimum Gasteiger partial charge on any atom is -0.341 e. The van der Waals surface area contributed by atoms with E-state index in [0.29, 0.717) is 11.7 Å². The summed E-state index contributed by atoms with van der Waals surface area (Å²) in [5.41, 5.74) is 4.86. The molecule has 9 heteroatoms. The smallest absolute Gasteiger partial charge is 0.324 e. The molecular formula is C31H44N6O2S. The second-order valence-electron chi connectivity index (χ2n) is 10.2. The molecule has 2 aliphatic rings. The van der Waals surface area contributed by atoms with E-state index in [1.54, 1.807) is 16.7 Å². The number of para-hydroxylation sites is 1. The number of fused-ring (bicyclic) bond motifs is 2. The van der Waals surface area contributed by atoms with E-state index < -0.39 is 0 Å². The SMILES string of the molecule is CC.CC(C)CCc1ccccc1NC(=O)Nc1cc2n(n1)CCN2c1ccc2c(c1)CCN(C)C2=O.CSC. The number of carbonyl (C=O) groups is 2. The van der Waals surface area contributed by atoms with Gasteiger partial charge < -0.3 is 15.1 Å². The quantitative estimate of drug-likeness (QED) is 0.340. The van der Waals surface area contributed by atoms with Crippen molar-refractivity contribution in [1.29, 1.82) is 0 Å². The zero-order valence-corrected chi connectivity index (χ0v) is 25.8. The Bertz CT molecular complexity index is 1290. The number of hydrogen-bond acceptors (Lipinski definition) is 5. The van der Waals surface area contributed by atoms with Gasteiger partial charge in [0.2, 0.25) is 0 Å². The molecule has 216 valence electrons. The number of rotatable bonds is 6. The average molecular weight is 565 g/mol. The number of anilines is 4. The van der Waals surface area contributed by atoms with E-state index in [4.69, 9.17) is 0 Å². The lowest BCUT2D eigenvalue weighted by molar-refractivity contribution is 0.0781. The fourth-order valence-electron chi connectivity index (χ4n) is 4.75. The van der Waals surface area contributed by atoms with Crippen LogP contribution in [0.2, 0.25) is 0 Å². The molecule has 3 heterocycles. The molecule has 0 spiro atoms. The first-order chi connectivity index (χ1) is 19.3. The molecule has 2 N–H and O–H groups in total. The number of likely N-dealkylation sites (N-methyl/N-ethyl adjacent to an activating group) is 1. The first kappa shape index (κ1) is 31.1. The van der Waals surface area contributed by atoms with E-state index in [0.717, 1.165) is 72.8 Å². The lowest BCUT2D eigenvalue weighted by Gasteiger charge is -2.26. The number of aryl methyl sites for hydroxylation is 1. The van der Waals surface area contributed by atoms with Gasteiger partial charge in [-0.15, -0.1) is 0 Å². The largest absolute Gasteiger partial charge is 0.341 e. The van der Waals surface area contributed by atoms with Crippen LogP contribution in [-0.4, -0.2) is 59.3 Å². The average Bonchev–Trinajstić information content (AvgIpc) is 3.52. The van der Waals surface area contributed by atoms with Crippen molar-refractivity contribution in [2.75, 3.05) is 48.2 Å². The van der Waals surface area contributed by atoms with Crippen molar-refractivity contribution in [1.82, 2.24) is 14.7 Å². The molecule has 3 amide bonds. The van der Waals surface area contributed by atoms with Crippen molar-refractivity contribution < 1.29 is 9.59 Å². The van der Waals surface area contributed by atoms with Gasteiger partial charge in [-0.1, -0.05) is 45.9 Å². The lowest BCUT2D eigenvalue weighted by Crippen LogP contribution is -2.34. The number of nitrogens with one attached hydrogen (secondary N) is 2. The minimum atomic E-state index is -0.304. The van der Waals surface area contributed by atoms with Crippen LogP contribution in [-0.2, 0) is 19.4 Å². The maximum Gasteiger partial charge on any atom is 0.324 e. The van der Waals surface area contributed by atoms with E-state index in [1.165, 1.54) is 0 Å². The molecule has 0 aliphatic carbocycles. The summed E-state index contributed by atoms with van der Waals surface area (Å²) in [5.74, 6) is 2.12. The maximum absolute atomic E-state index is 12.7. The van der Waals surface area contributed by atoms with Crippen molar-refractivity contribution in [3.63, 3.8) is 0 Å². The van der Waals surface area contributed by atoms with Gasteiger partial charge in [0.05, 0.1) is 6.54 Å². The summed E-state index contributed by atoms with van der Waals surface area (Å²) in [6.45, 7) is 10.7. The molecule has 5 rings (SSSR count). The molecule has 8 nitrogen and oxygen atoms in total. The van der Waals surface area contributed by atoms with Crippen LogP contribution in [0.1, 0.15) is 55.6 Å². The van der Waals surface area contributed by atoms with Gasteiger partial charge in [0.1, 0.15) is 5.82 Å². The maximum atomic E-state index is 12.7. The van der Waals surface area contributed by atoms with Gasteiger partial charge in [0.15, 0.2) is 5.82 Å². The summed E-state index contributed by atoms with van der Waals surface area (Å²) in [6, 6.07) is 15.5. The van der Waals surface area contributed by atoms with Crippen LogP contribution < -0.4 is 15.5 Å². The van der Waals surface area contributed by atoms with Crippen molar-refractivity contribution in [2.45, 2.75) is 53.5 Å². The van der Waals surface area contributed by atoms with Gasteiger partial charge in [-0.05, 0) is 73.1 Å². The Morgan fingerprint density at radius 1 is 1.02 bits per heavy atom. The summed E-state index contributed by atoms with van der Waals surface area (Å²) in [6.07, 6.45) is 6.92. The molecule has 3 aromatic rings. The monoisotopic (exact) mass is 564 g/mol. The highest BCUT2D eigenvalue weighted by atomic mass is 32.2. The molecule has 0 unspecified atom stereocenters. The Kier molecular flexibility index (Phi) is 11.5. The molecule has 0 saturated heterocycles. The van der Waals surface area contributed by atoms with E-state index in [-0.39, 0.29) is 11.9 Å². The third-order valence-electron chi connectivity index (χ3n) is 6.76. The standard InChI is InChI=1S/C27H32N6O2.C2H6S.C2H6/c1-18(2)8-9-19-6-4-5-7-23(19)28-27(35)29-24-17-25-32(14-15-33(25)30-24)21-10-11-22-20(16-21)12-13-31(3)26(22)34;1-3-2;1-2/h4-7,10-11,16-18H,8-9,12-15H2,1-3H3,(H2,28,29,30,35);1-2H3;1-2H3. The number of carbonyl (C=O) groups excluding carboxylic acids is 2. The highest BCUT2D eigenvalue weighted by molar-refractivity contribution is 7.97. The normalized spacial score (nSPS) is 13.6. The summed E-state index contributed by atoms with van der Waals surface area (Å²) < 4.78 is 1.91. The van der Waals surface area contributed by atoms with Crippen LogP contribution >= 0.6 is 11.8 Å². The fraction of sp³-hybridized carbons (Fsp3) is 0.452. The van der Waals surface area contributed by atoms with Gasteiger partial charge >= 0.3 is 6.03 Å². The van der Waals surface area contributed by atoms with E-state index in [1.807, 2.05) is 74.5 Å². The number of amides is 3. The third-order valence-corrected chi connectivity index (χ3v) is 6.76. The molecule has 0 atom stereocenters. The Hall–Kier alpha value is -3.46. The van der Waals surface area contributed by atoms with Gasteiger partial charge in [0.25, 0.3) is 5.91 Å². The van der Waals surface area contributed by atoms with Gasteiger partial charge in [0, 0.05) is 43.1 Å². The molecule has 0 radical (unpaired) electrons. The Labute approximate surface area is 243 Å². The summed E-state index contributed by atoms with van der Waals surface area (Å²) in [5, 5.41) is 10.5. The molecule has 0 saturated carbocycles. The van der Waals surface area contributed by atoms with Crippen LogP contribution in [0.15, 0.2) is 48.5 Å². The first-order valence-corrected chi connectivity index (χ1v) is 15.7. The van der Waals surface area contributed by atoms with Crippen molar-refractivity contribution >= 4 is 46.7 Å². The zero-order valence-electron chi connectivity index (χ0n) is 25.0. The summed E-state index contributed by atoms with van der Waals surface area (Å²) in [7, 11) is 1.84. The van der Waals surface area contributed by atoms with Gasteiger partial charge in [-0.2, -0.15) is 16.9 Å². The van der Waals surface area contributed by atoms with Gasteiger partial charge in [-0.3, -0.25) is 10.1 Å². The zero-order chi connectivity index (χ0) is 29.2. The Morgan fingerprint density at radius 2 is 1.75 bits per heavy atom. The van der Waals surface area contributed by atoms with Crippen molar-refractivity contribution in [2.24, 2.45) is 5.92 Å². The topological polar surface area (TPSA) is 82.5 Å². The third kappa shape index (κ3) is 7.59.